The zero-order valence-electron chi connectivity index (χ0n) is 8.09. The molecule has 0 aliphatic carbocycles. The van der Waals surface area contributed by atoms with Gasteiger partial charge >= 0.3 is 0 Å². The van der Waals surface area contributed by atoms with Gasteiger partial charge in [-0.25, -0.2) is 8.78 Å². The van der Waals surface area contributed by atoms with Crippen LogP contribution in [0.2, 0.25) is 0 Å². The summed E-state index contributed by atoms with van der Waals surface area (Å²) in [7, 11) is 1.49. The van der Waals surface area contributed by atoms with Crippen molar-refractivity contribution >= 4 is 0 Å². The zero-order valence-corrected chi connectivity index (χ0v) is 8.09. The Morgan fingerprint density at radius 3 is 2.33 bits per heavy atom. The monoisotopic (exact) mass is 213 g/mol. The fourth-order valence-electron chi connectivity index (χ4n) is 0.983. The fraction of sp³-hybridized carbons (Fsp3) is 0.300. The summed E-state index contributed by atoms with van der Waals surface area (Å²) in [4.78, 5) is 0. The quantitative estimate of drug-likeness (QED) is 0.717. The van der Waals surface area contributed by atoms with Crippen LogP contribution >= 0.6 is 0 Å². The molecule has 80 valence electrons. The molecule has 0 amide bonds. The van der Waals surface area contributed by atoms with Crippen LogP contribution in [-0.2, 0) is 4.74 Å². The summed E-state index contributed by atoms with van der Waals surface area (Å²) >= 11 is 0. The summed E-state index contributed by atoms with van der Waals surface area (Å²) in [6.07, 6.45) is 0. The minimum absolute atomic E-state index is 0.0426. The Bertz CT molecular complexity index is 364. The summed E-state index contributed by atoms with van der Waals surface area (Å²) in [5.41, 5.74) is -0.603. The Hall–Kier alpha value is -1.67. The highest BCUT2D eigenvalue weighted by Gasteiger charge is 2.10. The number of ether oxygens (including phenoxy) is 2. The first-order valence-electron chi connectivity index (χ1n) is 4.20. The normalized spacial score (nSPS) is 9.73. The fourth-order valence-corrected chi connectivity index (χ4v) is 0.983. The first kappa shape index (κ1) is 11.4. The maximum Gasteiger partial charge on any atom is 0.147 e. The van der Waals surface area contributed by atoms with E-state index >= 15 is 0 Å². The summed E-state index contributed by atoms with van der Waals surface area (Å²) in [6, 6.07) is 3.37. The van der Waals surface area contributed by atoms with Gasteiger partial charge in [-0.1, -0.05) is 0 Å². The van der Waals surface area contributed by atoms with E-state index in [1.807, 2.05) is 0 Å². The van der Waals surface area contributed by atoms with E-state index < -0.39 is 17.2 Å². The third-order valence-electron chi connectivity index (χ3n) is 1.68. The molecule has 0 aliphatic heterocycles. The molecule has 15 heavy (non-hydrogen) atoms. The second-order valence-electron chi connectivity index (χ2n) is 2.71. The summed E-state index contributed by atoms with van der Waals surface area (Å²) in [5, 5.41) is 8.41. The molecule has 1 aromatic rings. The molecular weight excluding hydrogens is 204 g/mol. The molecule has 3 nitrogen and oxygen atoms in total. The van der Waals surface area contributed by atoms with E-state index in [-0.39, 0.29) is 12.4 Å². The highest BCUT2D eigenvalue weighted by atomic mass is 19.1. The Labute approximate surface area is 85.8 Å². The van der Waals surface area contributed by atoms with E-state index in [0.717, 1.165) is 12.1 Å². The lowest BCUT2D eigenvalue weighted by Gasteiger charge is -2.06. The van der Waals surface area contributed by atoms with Crippen LogP contribution in [0.3, 0.4) is 0 Å². The lowest BCUT2D eigenvalue weighted by Crippen LogP contribution is -2.05. The van der Waals surface area contributed by atoms with Crippen LogP contribution in [0.15, 0.2) is 12.1 Å². The van der Waals surface area contributed by atoms with Gasteiger partial charge in [-0.05, 0) is 0 Å². The highest BCUT2D eigenvalue weighted by Crippen LogP contribution is 2.19. The van der Waals surface area contributed by atoms with Gasteiger partial charge in [0, 0.05) is 19.2 Å². The van der Waals surface area contributed by atoms with Crippen LogP contribution in [0, 0.1) is 23.0 Å². The molecule has 0 aliphatic rings. The minimum atomic E-state index is -0.926. The van der Waals surface area contributed by atoms with Crippen LogP contribution < -0.4 is 4.74 Å². The van der Waals surface area contributed by atoms with E-state index in [0.29, 0.717) is 6.61 Å². The third kappa shape index (κ3) is 2.89. The first-order chi connectivity index (χ1) is 7.19. The van der Waals surface area contributed by atoms with Crippen molar-refractivity contribution in [2.24, 2.45) is 0 Å². The molecule has 0 saturated heterocycles. The molecule has 1 rings (SSSR count). The number of rotatable bonds is 4. The van der Waals surface area contributed by atoms with Crippen molar-refractivity contribution in [3.8, 4) is 11.8 Å². The summed E-state index contributed by atoms with van der Waals surface area (Å²) in [5.74, 6) is -1.81. The van der Waals surface area contributed by atoms with Crippen molar-refractivity contribution in [3.63, 3.8) is 0 Å². The topological polar surface area (TPSA) is 42.2 Å². The molecule has 0 saturated carbocycles. The molecule has 5 heteroatoms. The average molecular weight is 213 g/mol. The Morgan fingerprint density at radius 1 is 1.27 bits per heavy atom. The zero-order chi connectivity index (χ0) is 11.3. The lowest BCUT2D eigenvalue weighted by molar-refractivity contribution is 0.146. The average Bonchev–Trinajstić information content (AvgIpc) is 2.18. The smallest absolute Gasteiger partial charge is 0.147 e. The predicted molar refractivity (Wildman–Crippen MR) is 48.4 cm³/mol. The van der Waals surface area contributed by atoms with Crippen LogP contribution in [-0.4, -0.2) is 20.3 Å². The van der Waals surface area contributed by atoms with E-state index in [9.17, 15) is 8.78 Å². The molecular formula is C10H9F2NO2. The number of nitriles is 1. The van der Waals surface area contributed by atoms with Crippen molar-refractivity contribution in [1.82, 2.24) is 0 Å². The van der Waals surface area contributed by atoms with Crippen LogP contribution in [0.1, 0.15) is 5.56 Å². The number of hydrogen-bond donors (Lipinski definition) is 0. The molecule has 0 bridgehead atoms. The molecule has 0 fully saturated rings. The SMILES string of the molecule is COCCOc1cc(F)c(C#N)c(F)c1. The minimum Gasteiger partial charge on any atom is -0.491 e. The maximum atomic E-state index is 13.0. The number of nitrogens with zero attached hydrogens (tertiary/aromatic N) is 1. The van der Waals surface area contributed by atoms with Gasteiger partial charge in [-0.3, -0.25) is 0 Å². The third-order valence-corrected chi connectivity index (χ3v) is 1.68. The van der Waals surface area contributed by atoms with Crippen molar-refractivity contribution in [3.05, 3.63) is 29.3 Å². The van der Waals surface area contributed by atoms with Gasteiger partial charge in [0.15, 0.2) is 0 Å². The van der Waals surface area contributed by atoms with Gasteiger partial charge in [0.1, 0.15) is 35.6 Å². The molecule has 0 atom stereocenters. The molecule has 0 radical (unpaired) electrons. The Kier molecular flexibility index (Phi) is 4.01. The van der Waals surface area contributed by atoms with Crippen LogP contribution in [0.4, 0.5) is 8.78 Å². The number of benzene rings is 1. The van der Waals surface area contributed by atoms with Gasteiger partial charge in [0.25, 0.3) is 0 Å². The van der Waals surface area contributed by atoms with Crippen LogP contribution in [0.25, 0.3) is 0 Å². The molecule has 0 spiro atoms. The molecule has 1 aromatic carbocycles. The summed E-state index contributed by atoms with van der Waals surface area (Å²) in [6.45, 7) is 0.518. The largest absolute Gasteiger partial charge is 0.491 e. The highest BCUT2D eigenvalue weighted by molar-refractivity contribution is 5.37. The van der Waals surface area contributed by atoms with Crippen LogP contribution in [0.5, 0.6) is 5.75 Å². The van der Waals surface area contributed by atoms with Gasteiger partial charge in [0.05, 0.1) is 6.61 Å². The number of hydrogen-bond acceptors (Lipinski definition) is 3. The maximum absolute atomic E-state index is 13.0. The van der Waals surface area contributed by atoms with Gasteiger partial charge < -0.3 is 9.47 Å². The van der Waals surface area contributed by atoms with E-state index in [4.69, 9.17) is 14.7 Å². The van der Waals surface area contributed by atoms with Crippen molar-refractivity contribution in [2.75, 3.05) is 20.3 Å². The van der Waals surface area contributed by atoms with E-state index in [1.54, 1.807) is 0 Å². The van der Waals surface area contributed by atoms with Gasteiger partial charge in [0.2, 0.25) is 0 Å². The molecule has 0 heterocycles. The summed E-state index contributed by atoms with van der Waals surface area (Å²) < 4.78 is 35.8. The van der Waals surface area contributed by atoms with Crippen molar-refractivity contribution < 1.29 is 18.3 Å². The van der Waals surface area contributed by atoms with Gasteiger partial charge in [-0.2, -0.15) is 5.26 Å². The molecule has 0 N–H and O–H groups in total. The Balaban J connectivity index is 2.81. The molecule has 0 aromatic heterocycles. The van der Waals surface area contributed by atoms with Gasteiger partial charge in [-0.15, -0.1) is 0 Å². The standard InChI is InChI=1S/C10H9F2NO2/c1-14-2-3-15-7-4-9(11)8(6-13)10(12)5-7/h4-5H,2-3H2,1H3. The second-order valence-corrected chi connectivity index (χ2v) is 2.71. The number of halogens is 2. The first-order valence-corrected chi connectivity index (χ1v) is 4.20. The van der Waals surface area contributed by atoms with E-state index in [2.05, 4.69) is 0 Å². The second kappa shape index (κ2) is 5.27. The van der Waals surface area contributed by atoms with E-state index in [1.165, 1.54) is 13.2 Å². The van der Waals surface area contributed by atoms with Crippen molar-refractivity contribution in [2.45, 2.75) is 0 Å². The predicted octanol–water partition coefficient (Wildman–Crippen LogP) is 1.86. The van der Waals surface area contributed by atoms with Crippen molar-refractivity contribution in [1.29, 1.82) is 5.26 Å². The molecule has 0 unspecified atom stereocenters. The Morgan fingerprint density at radius 2 is 1.87 bits per heavy atom. The number of methoxy groups -OCH3 is 1. The lowest BCUT2D eigenvalue weighted by atomic mass is 10.2.